The first-order valence-electron chi connectivity index (χ1n) is 4.02. The van der Waals surface area contributed by atoms with Crippen LogP contribution in [0.15, 0.2) is 0 Å². The van der Waals surface area contributed by atoms with Gasteiger partial charge in [0.2, 0.25) is 0 Å². The van der Waals surface area contributed by atoms with Crippen LogP contribution in [0.5, 0.6) is 0 Å². The number of Topliss-reactive ketones (excluding diaryl/α,β-unsaturated/α-hetero) is 1. The Hall–Kier alpha value is -0.410. The molecule has 0 aliphatic carbocycles. The van der Waals surface area contributed by atoms with E-state index >= 15 is 0 Å². The summed E-state index contributed by atoms with van der Waals surface area (Å²) in [6.45, 7) is 6.78. The molecule has 1 aliphatic rings. The molecule has 0 aromatic heterocycles. The number of hydrogen-bond acceptors (Lipinski definition) is 3. The number of nitrogens with zero attached hydrogens (tertiary/aromatic N) is 1. The zero-order chi connectivity index (χ0) is 8.27. The Labute approximate surface area is 67.3 Å². The molecule has 1 unspecified atom stereocenters. The average molecular weight is 157 g/mol. The van der Waals surface area contributed by atoms with Crippen LogP contribution < -0.4 is 0 Å². The van der Waals surface area contributed by atoms with Gasteiger partial charge in [0.25, 0.3) is 0 Å². The Balaban J connectivity index is 2.28. The lowest BCUT2D eigenvalue weighted by Crippen LogP contribution is -2.43. The molecule has 1 atom stereocenters. The van der Waals surface area contributed by atoms with E-state index in [4.69, 9.17) is 4.74 Å². The highest BCUT2D eigenvalue weighted by Crippen LogP contribution is 2.03. The highest BCUT2D eigenvalue weighted by Gasteiger charge is 2.16. The van der Waals surface area contributed by atoms with Crippen LogP contribution in [0.1, 0.15) is 13.8 Å². The summed E-state index contributed by atoms with van der Waals surface area (Å²) in [4.78, 5) is 12.9. The van der Waals surface area contributed by atoms with Crippen molar-refractivity contribution < 1.29 is 9.53 Å². The molecule has 3 heteroatoms. The molecule has 0 bridgehead atoms. The van der Waals surface area contributed by atoms with Crippen LogP contribution in [0.25, 0.3) is 0 Å². The van der Waals surface area contributed by atoms with E-state index in [2.05, 4.69) is 4.90 Å². The van der Waals surface area contributed by atoms with Gasteiger partial charge in [0.1, 0.15) is 5.78 Å². The van der Waals surface area contributed by atoms with Crippen molar-refractivity contribution in [1.82, 2.24) is 4.90 Å². The number of carbonyl (C=O) groups is 1. The van der Waals surface area contributed by atoms with Gasteiger partial charge in [0.15, 0.2) is 0 Å². The lowest BCUT2D eigenvalue weighted by Gasteiger charge is -2.29. The molecule has 64 valence electrons. The second kappa shape index (κ2) is 3.83. The van der Waals surface area contributed by atoms with E-state index in [1.165, 1.54) is 0 Å². The van der Waals surface area contributed by atoms with Crippen LogP contribution in [-0.2, 0) is 9.53 Å². The third-order valence-corrected chi connectivity index (χ3v) is 1.77. The maximum absolute atomic E-state index is 10.7. The lowest BCUT2D eigenvalue weighted by molar-refractivity contribution is -0.119. The highest BCUT2D eigenvalue weighted by molar-refractivity contribution is 5.77. The molecule has 0 amide bonds. The van der Waals surface area contributed by atoms with Gasteiger partial charge in [0.05, 0.1) is 19.3 Å². The molecule has 0 spiro atoms. The molecule has 0 radical (unpaired) electrons. The Morgan fingerprint density at radius 1 is 1.73 bits per heavy atom. The molecule has 11 heavy (non-hydrogen) atoms. The fraction of sp³-hybridized carbons (Fsp3) is 0.875. The topological polar surface area (TPSA) is 29.5 Å². The van der Waals surface area contributed by atoms with Crippen molar-refractivity contribution >= 4 is 5.78 Å². The van der Waals surface area contributed by atoms with Crippen molar-refractivity contribution in [2.45, 2.75) is 20.0 Å². The van der Waals surface area contributed by atoms with Crippen molar-refractivity contribution in [2.24, 2.45) is 0 Å². The number of carbonyl (C=O) groups excluding carboxylic acids is 1. The van der Waals surface area contributed by atoms with Gasteiger partial charge in [-0.2, -0.15) is 0 Å². The average Bonchev–Trinajstić information content (AvgIpc) is 1.85. The standard InChI is InChI=1S/C8H15NO2/c1-7(10)5-9-3-4-11-8(2)6-9/h8H,3-6H2,1-2H3. The summed E-state index contributed by atoms with van der Waals surface area (Å²) in [6.07, 6.45) is 0.281. The summed E-state index contributed by atoms with van der Waals surface area (Å²) in [6, 6.07) is 0. The van der Waals surface area contributed by atoms with E-state index in [1.807, 2.05) is 6.92 Å². The van der Waals surface area contributed by atoms with E-state index in [1.54, 1.807) is 6.92 Å². The van der Waals surface area contributed by atoms with Crippen molar-refractivity contribution in [1.29, 1.82) is 0 Å². The van der Waals surface area contributed by atoms with Gasteiger partial charge in [0, 0.05) is 13.1 Å². The minimum absolute atomic E-state index is 0.235. The molecular formula is C8H15NO2. The molecule has 1 aliphatic heterocycles. The van der Waals surface area contributed by atoms with Crippen LogP contribution in [0.2, 0.25) is 0 Å². The maximum Gasteiger partial charge on any atom is 0.143 e. The molecule has 0 saturated carbocycles. The molecule has 0 aromatic rings. The van der Waals surface area contributed by atoms with Crippen LogP contribution in [-0.4, -0.2) is 43.0 Å². The van der Waals surface area contributed by atoms with Crippen molar-refractivity contribution in [3.05, 3.63) is 0 Å². The summed E-state index contributed by atoms with van der Waals surface area (Å²) in [5.41, 5.74) is 0. The predicted octanol–water partition coefficient (Wildman–Crippen LogP) is 0.296. The number of morpholine rings is 1. The van der Waals surface area contributed by atoms with Gasteiger partial charge in [-0.25, -0.2) is 0 Å². The Morgan fingerprint density at radius 2 is 2.45 bits per heavy atom. The van der Waals surface area contributed by atoms with Crippen LogP contribution >= 0.6 is 0 Å². The second-order valence-electron chi connectivity index (χ2n) is 3.12. The van der Waals surface area contributed by atoms with Crippen molar-refractivity contribution in [3.63, 3.8) is 0 Å². The first-order chi connectivity index (χ1) is 5.18. The molecule has 1 saturated heterocycles. The Kier molecular flexibility index (Phi) is 3.02. The minimum Gasteiger partial charge on any atom is -0.376 e. The summed E-state index contributed by atoms with van der Waals surface area (Å²) >= 11 is 0. The lowest BCUT2D eigenvalue weighted by atomic mass is 10.3. The normalized spacial score (nSPS) is 26.9. The van der Waals surface area contributed by atoms with Crippen LogP contribution in [0.4, 0.5) is 0 Å². The smallest absolute Gasteiger partial charge is 0.143 e. The van der Waals surface area contributed by atoms with Gasteiger partial charge in [-0.1, -0.05) is 0 Å². The summed E-state index contributed by atoms with van der Waals surface area (Å²) in [7, 11) is 0. The molecule has 1 rings (SSSR count). The van der Waals surface area contributed by atoms with Crippen LogP contribution in [0, 0.1) is 0 Å². The molecule has 3 nitrogen and oxygen atoms in total. The summed E-state index contributed by atoms with van der Waals surface area (Å²) in [5.74, 6) is 0.235. The largest absolute Gasteiger partial charge is 0.376 e. The zero-order valence-electron chi connectivity index (χ0n) is 7.17. The van der Waals surface area contributed by atoms with Gasteiger partial charge in [-0.3, -0.25) is 9.69 Å². The van der Waals surface area contributed by atoms with E-state index in [9.17, 15) is 4.79 Å². The predicted molar refractivity (Wildman–Crippen MR) is 42.5 cm³/mol. The first-order valence-corrected chi connectivity index (χ1v) is 4.02. The zero-order valence-corrected chi connectivity index (χ0v) is 7.17. The summed E-state index contributed by atoms with van der Waals surface area (Å²) in [5, 5.41) is 0. The van der Waals surface area contributed by atoms with E-state index in [-0.39, 0.29) is 11.9 Å². The van der Waals surface area contributed by atoms with Crippen molar-refractivity contribution in [3.8, 4) is 0 Å². The van der Waals surface area contributed by atoms with E-state index in [0.29, 0.717) is 6.54 Å². The first kappa shape index (κ1) is 8.68. The fourth-order valence-electron chi connectivity index (χ4n) is 1.35. The number of hydrogen-bond donors (Lipinski definition) is 0. The maximum atomic E-state index is 10.7. The molecule has 0 aromatic carbocycles. The molecule has 1 fully saturated rings. The quantitative estimate of drug-likeness (QED) is 0.577. The monoisotopic (exact) mass is 157 g/mol. The van der Waals surface area contributed by atoms with Gasteiger partial charge in [-0.15, -0.1) is 0 Å². The third kappa shape index (κ3) is 2.99. The van der Waals surface area contributed by atoms with E-state index < -0.39 is 0 Å². The molecular weight excluding hydrogens is 142 g/mol. The van der Waals surface area contributed by atoms with Gasteiger partial charge in [-0.05, 0) is 13.8 Å². The second-order valence-corrected chi connectivity index (χ2v) is 3.12. The Bertz CT molecular complexity index is 147. The Morgan fingerprint density at radius 3 is 3.00 bits per heavy atom. The molecule has 0 N–H and O–H groups in total. The van der Waals surface area contributed by atoms with Gasteiger partial charge < -0.3 is 4.74 Å². The van der Waals surface area contributed by atoms with E-state index in [0.717, 1.165) is 19.7 Å². The SMILES string of the molecule is CC(=O)CN1CCOC(C)C1. The van der Waals surface area contributed by atoms with Gasteiger partial charge >= 0.3 is 0 Å². The number of rotatable bonds is 2. The number of ketones is 1. The van der Waals surface area contributed by atoms with Crippen molar-refractivity contribution in [2.75, 3.05) is 26.2 Å². The minimum atomic E-state index is 0.235. The number of ether oxygens (including phenoxy) is 1. The fourth-order valence-corrected chi connectivity index (χ4v) is 1.35. The summed E-state index contributed by atoms with van der Waals surface area (Å²) < 4.78 is 5.34. The highest BCUT2D eigenvalue weighted by atomic mass is 16.5. The van der Waals surface area contributed by atoms with Crippen LogP contribution in [0.3, 0.4) is 0 Å². The molecule has 1 heterocycles. The third-order valence-electron chi connectivity index (χ3n) is 1.77.